The van der Waals surface area contributed by atoms with Crippen LogP contribution >= 0.6 is 0 Å². The number of imide groups is 1. The van der Waals surface area contributed by atoms with Gasteiger partial charge >= 0.3 is 11.9 Å². The monoisotopic (exact) mass is 440 g/mol. The van der Waals surface area contributed by atoms with E-state index < -0.39 is 42.3 Å². The van der Waals surface area contributed by atoms with Crippen molar-refractivity contribution < 1.29 is 33.4 Å². The standard InChI is InChI=1S/C23H24N2O7/c1-3-31-23(30)13-6-8-16(9-7-13)24-17(26)11-32-22(29)12(2)25-20(27)18-14-4-5-15(10-14)19(18)21(25)28/h4-9,12,14-15,18-19H,3,10-11H2,1-2H3,(H,24,26)/t12-,14+,15+,18-,19+/m1/s1. The summed E-state index contributed by atoms with van der Waals surface area (Å²) in [6, 6.07) is 4.96. The summed E-state index contributed by atoms with van der Waals surface area (Å²) in [5, 5.41) is 2.55. The highest BCUT2D eigenvalue weighted by Gasteiger charge is 2.60. The van der Waals surface area contributed by atoms with E-state index >= 15 is 0 Å². The maximum atomic E-state index is 12.8. The first-order valence-electron chi connectivity index (χ1n) is 10.6. The zero-order valence-electron chi connectivity index (χ0n) is 17.8. The molecular weight excluding hydrogens is 416 g/mol. The Kier molecular flexibility index (Phi) is 5.82. The quantitative estimate of drug-likeness (QED) is 0.388. The second-order valence-corrected chi connectivity index (χ2v) is 8.18. The van der Waals surface area contributed by atoms with Gasteiger partial charge in [-0.05, 0) is 56.4 Å². The van der Waals surface area contributed by atoms with Crippen molar-refractivity contribution >= 4 is 35.3 Å². The third kappa shape index (κ3) is 3.79. The van der Waals surface area contributed by atoms with Gasteiger partial charge in [0, 0.05) is 5.69 Å². The van der Waals surface area contributed by atoms with Crippen molar-refractivity contribution in [1.82, 2.24) is 4.90 Å². The molecule has 1 saturated heterocycles. The first-order valence-corrected chi connectivity index (χ1v) is 10.6. The van der Waals surface area contributed by atoms with Crippen molar-refractivity contribution in [3.05, 3.63) is 42.0 Å². The van der Waals surface area contributed by atoms with Crippen molar-refractivity contribution in [3.8, 4) is 0 Å². The number of fused-ring (bicyclic) bond motifs is 5. The molecule has 1 heterocycles. The largest absolute Gasteiger partial charge is 0.462 e. The Morgan fingerprint density at radius 2 is 1.62 bits per heavy atom. The lowest BCUT2D eigenvalue weighted by Crippen LogP contribution is -2.45. The summed E-state index contributed by atoms with van der Waals surface area (Å²) in [6.45, 7) is 2.82. The van der Waals surface area contributed by atoms with Gasteiger partial charge in [0.15, 0.2) is 6.61 Å². The molecule has 0 aromatic heterocycles. The normalized spacial score (nSPS) is 26.1. The fourth-order valence-corrected chi connectivity index (χ4v) is 4.77. The van der Waals surface area contributed by atoms with Gasteiger partial charge in [0.1, 0.15) is 6.04 Å². The average Bonchev–Trinajstić information content (AvgIpc) is 3.46. The Morgan fingerprint density at radius 3 is 2.19 bits per heavy atom. The molecule has 3 aliphatic rings. The number of carbonyl (C=O) groups excluding carboxylic acids is 5. The maximum absolute atomic E-state index is 12.8. The molecule has 2 fully saturated rings. The second-order valence-electron chi connectivity index (χ2n) is 8.18. The number of carbonyl (C=O) groups is 5. The molecule has 5 atom stereocenters. The van der Waals surface area contributed by atoms with Crippen LogP contribution < -0.4 is 5.32 Å². The van der Waals surface area contributed by atoms with Crippen LogP contribution in [0.4, 0.5) is 5.69 Å². The van der Waals surface area contributed by atoms with E-state index in [-0.39, 0.29) is 30.3 Å². The molecule has 1 saturated carbocycles. The van der Waals surface area contributed by atoms with Crippen LogP contribution in [0.5, 0.6) is 0 Å². The minimum Gasteiger partial charge on any atom is -0.462 e. The number of anilines is 1. The van der Waals surface area contributed by atoms with Crippen molar-refractivity contribution in [3.63, 3.8) is 0 Å². The van der Waals surface area contributed by atoms with Crippen molar-refractivity contribution in [2.45, 2.75) is 26.3 Å². The number of esters is 2. The Labute approximate surface area is 184 Å². The van der Waals surface area contributed by atoms with E-state index in [1.807, 2.05) is 12.2 Å². The number of hydrogen-bond donors (Lipinski definition) is 1. The van der Waals surface area contributed by atoms with E-state index in [1.165, 1.54) is 31.2 Å². The first kappa shape index (κ1) is 21.7. The molecule has 4 rings (SSSR count). The summed E-state index contributed by atoms with van der Waals surface area (Å²) in [5.74, 6) is -3.24. The third-order valence-electron chi connectivity index (χ3n) is 6.26. The van der Waals surface area contributed by atoms with E-state index in [4.69, 9.17) is 9.47 Å². The number of rotatable bonds is 7. The zero-order chi connectivity index (χ0) is 23.0. The number of hydrogen-bond acceptors (Lipinski definition) is 7. The number of amides is 3. The van der Waals surface area contributed by atoms with Gasteiger partial charge in [-0.3, -0.25) is 19.3 Å². The number of nitrogens with zero attached hydrogens (tertiary/aromatic N) is 1. The molecule has 9 heteroatoms. The molecule has 0 unspecified atom stereocenters. The van der Waals surface area contributed by atoms with Gasteiger partial charge in [-0.15, -0.1) is 0 Å². The zero-order valence-corrected chi connectivity index (χ0v) is 17.8. The molecule has 1 aromatic carbocycles. The highest BCUT2D eigenvalue weighted by Crippen LogP contribution is 2.52. The summed E-state index contributed by atoms with van der Waals surface area (Å²) in [6.07, 6.45) is 4.76. The third-order valence-corrected chi connectivity index (χ3v) is 6.26. The van der Waals surface area contributed by atoms with Crippen LogP contribution in [0.3, 0.4) is 0 Å². The van der Waals surface area contributed by atoms with Crippen molar-refractivity contribution in [1.29, 1.82) is 0 Å². The Morgan fingerprint density at radius 1 is 1.03 bits per heavy atom. The van der Waals surface area contributed by atoms with Crippen LogP contribution in [0.15, 0.2) is 36.4 Å². The van der Waals surface area contributed by atoms with E-state index in [0.29, 0.717) is 11.3 Å². The first-order chi connectivity index (χ1) is 15.3. The summed E-state index contributed by atoms with van der Waals surface area (Å²) in [4.78, 5) is 62.8. The summed E-state index contributed by atoms with van der Waals surface area (Å²) in [7, 11) is 0. The minimum absolute atomic E-state index is 0.0515. The number of ether oxygens (including phenoxy) is 2. The molecule has 3 amide bonds. The molecule has 2 aliphatic carbocycles. The molecule has 1 N–H and O–H groups in total. The summed E-state index contributed by atoms with van der Waals surface area (Å²) < 4.78 is 9.94. The number of nitrogens with one attached hydrogen (secondary N) is 1. The number of benzene rings is 1. The van der Waals surface area contributed by atoms with Gasteiger partial charge in [0.25, 0.3) is 5.91 Å². The topological polar surface area (TPSA) is 119 Å². The van der Waals surface area contributed by atoms with E-state index in [0.717, 1.165) is 11.3 Å². The van der Waals surface area contributed by atoms with Crippen LogP contribution in [-0.4, -0.2) is 53.8 Å². The highest BCUT2D eigenvalue weighted by atomic mass is 16.5. The molecule has 2 bridgehead atoms. The fourth-order valence-electron chi connectivity index (χ4n) is 4.77. The molecule has 0 spiro atoms. The molecule has 9 nitrogen and oxygen atoms in total. The van der Waals surface area contributed by atoms with Gasteiger partial charge in [-0.2, -0.15) is 0 Å². The molecule has 1 aromatic rings. The number of allylic oxidation sites excluding steroid dienone is 2. The molecule has 0 radical (unpaired) electrons. The molecular formula is C23H24N2O7. The molecule has 1 aliphatic heterocycles. The van der Waals surface area contributed by atoms with E-state index in [1.54, 1.807) is 6.92 Å². The maximum Gasteiger partial charge on any atom is 0.338 e. The van der Waals surface area contributed by atoms with Gasteiger partial charge in [-0.25, -0.2) is 9.59 Å². The Bertz CT molecular complexity index is 970. The lowest BCUT2D eigenvalue weighted by Gasteiger charge is -2.23. The predicted octanol–water partition coefficient (Wildman–Crippen LogP) is 1.54. The van der Waals surface area contributed by atoms with E-state index in [2.05, 4.69) is 5.32 Å². The smallest absolute Gasteiger partial charge is 0.338 e. The lowest BCUT2D eigenvalue weighted by molar-refractivity contribution is -0.159. The highest BCUT2D eigenvalue weighted by molar-refractivity contribution is 6.09. The van der Waals surface area contributed by atoms with Crippen LogP contribution in [0.25, 0.3) is 0 Å². The predicted molar refractivity (Wildman–Crippen MR) is 111 cm³/mol. The van der Waals surface area contributed by atoms with Crippen LogP contribution in [0.2, 0.25) is 0 Å². The fraction of sp³-hybridized carbons (Fsp3) is 0.435. The van der Waals surface area contributed by atoms with Crippen molar-refractivity contribution in [2.24, 2.45) is 23.7 Å². The summed E-state index contributed by atoms with van der Waals surface area (Å²) in [5.41, 5.74) is 0.756. The minimum atomic E-state index is -1.10. The van der Waals surface area contributed by atoms with Gasteiger partial charge in [0.05, 0.1) is 24.0 Å². The number of likely N-dealkylation sites (tertiary alicyclic amines) is 1. The van der Waals surface area contributed by atoms with Crippen LogP contribution in [0, 0.1) is 23.7 Å². The Hall–Kier alpha value is -3.49. The Balaban J connectivity index is 1.29. The van der Waals surface area contributed by atoms with Gasteiger partial charge < -0.3 is 14.8 Å². The van der Waals surface area contributed by atoms with E-state index in [9.17, 15) is 24.0 Å². The second kappa shape index (κ2) is 8.57. The molecule has 168 valence electrons. The molecule has 32 heavy (non-hydrogen) atoms. The van der Waals surface area contributed by atoms with Crippen LogP contribution in [0.1, 0.15) is 30.6 Å². The van der Waals surface area contributed by atoms with Crippen LogP contribution in [-0.2, 0) is 28.7 Å². The van der Waals surface area contributed by atoms with Gasteiger partial charge in [0.2, 0.25) is 11.8 Å². The average molecular weight is 440 g/mol. The van der Waals surface area contributed by atoms with Crippen molar-refractivity contribution in [2.75, 3.05) is 18.5 Å². The van der Waals surface area contributed by atoms with Gasteiger partial charge in [-0.1, -0.05) is 12.2 Å². The summed E-state index contributed by atoms with van der Waals surface area (Å²) >= 11 is 0. The lowest BCUT2D eigenvalue weighted by atomic mass is 9.85. The SMILES string of the molecule is CCOC(=O)c1ccc(NC(=O)COC(=O)[C@@H](C)N2C(=O)[C@@H]3[C@H](C2=O)[C@H]2C=C[C@H]3C2)cc1.